The first-order valence-electron chi connectivity index (χ1n) is 7.96. The number of hydrogen-bond donors (Lipinski definition) is 0. The molecule has 0 bridgehead atoms. The lowest BCUT2D eigenvalue weighted by atomic mass is 10.1. The molecule has 1 fully saturated rings. The molecule has 0 amide bonds. The van der Waals surface area contributed by atoms with Gasteiger partial charge in [0.05, 0.1) is 17.5 Å². The molecule has 1 aromatic carbocycles. The number of halogens is 1. The molecule has 0 spiro atoms. The molecule has 0 aliphatic carbocycles. The second-order valence-corrected chi connectivity index (χ2v) is 8.50. The number of furan rings is 1. The van der Waals surface area contributed by atoms with Crippen LogP contribution in [0.1, 0.15) is 13.8 Å². The van der Waals surface area contributed by atoms with Crippen LogP contribution >= 0.6 is 11.6 Å². The number of piperazine rings is 1. The van der Waals surface area contributed by atoms with Crippen LogP contribution in [-0.4, -0.2) is 49.8 Å². The van der Waals surface area contributed by atoms with E-state index in [-0.39, 0.29) is 9.92 Å². The van der Waals surface area contributed by atoms with Crippen molar-refractivity contribution in [1.82, 2.24) is 9.21 Å². The molecule has 1 aliphatic rings. The van der Waals surface area contributed by atoms with E-state index in [0.717, 1.165) is 24.2 Å². The molecule has 0 unspecified atom stereocenters. The molecule has 24 heavy (non-hydrogen) atoms. The first kappa shape index (κ1) is 17.5. The quantitative estimate of drug-likeness (QED) is 0.830. The van der Waals surface area contributed by atoms with Crippen molar-refractivity contribution in [3.05, 3.63) is 41.8 Å². The van der Waals surface area contributed by atoms with E-state index in [9.17, 15) is 8.42 Å². The first-order valence-corrected chi connectivity index (χ1v) is 9.77. The van der Waals surface area contributed by atoms with Crippen LogP contribution in [0, 0.1) is 0 Å². The molecule has 1 aliphatic heterocycles. The van der Waals surface area contributed by atoms with Gasteiger partial charge in [0.1, 0.15) is 4.90 Å². The van der Waals surface area contributed by atoms with E-state index >= 15 is 0 Å². The zero-order valence-corrected chi connectivity index (χ0v) is 15.3. The second-order valence-electron chi connectivity index (χ2n) is 6.19. The van der Waals surface area contributed by atoms with E-state index in [1.807, 2.05) is 6.07 Å². The van der Waals surface area contributed by atoms with Gasteiger partial charge in [-0.15, -0.1) is 0 Å². The Bertz CT molecular complexity index is 795. The lowest BCUT2D eigenvalue weighted by molar-refractivity contribution is 0.154. The van der Waals surface area contributed by atoms with Crippen LogP contribution in [0.5, 0.6) is 0 Å². The molecule has 5 nitrogen and oxygen atoms in total. The smallest absolute Gasteiger partial charge is 0.244 e. The van der Waals surface area contributed by atoms with Crippen LogP contribution in [0.2, 0.25) is 5.02 Å². The number of rotatable bonds is 4. The van der Waals surface area contributed by atoms with Crippen molar-refractivity contribution in [1.29, 1.82) is 0 Å². The van der Waals surface area contributed by atoms with Gasteiger partial charge in [0.25, 0.3) is 0 Å². The molecule has 130 valence electrons. The second kappa shape index (κ2) is 6.88. The van der Waals surface area contributed by atoms with Crippen LogP contribution in [0.3, 0.4) is 0 Å². The summed E-state index contributed by atoms with van der Waals surface area (Å²) < 4.78 is 32.3. The zero-order valence-electron chi connectivity index (χ0n) is 13.8. The van der Waals surface area contributed by atoms with Gasteiger partial charge >= 0.3 is 0 Å². The monoisotopic (exact) mass is 368 g/mol. The maximum absolute atomic E-state index is 12.9. The van der Waals surface area contributed by atoms with Gasteiger partial charge in [-0.3, -0.25) is 4.90 Å². The third-order valence-corrected chi connectivity index (χ3v) is 6.79. The Kier molecular flexibility index (Phi) is 5.01. The molecule has 7 heteroatoms. The largest absolute Gasteiger partial charge is 0.472 e. The maximum Gasteiger partial charge on any atom is 0.244 e. The summed E-state index contributed by atoms with van der Waals surface area (Å²) >= 11 is 6.28. The minimum atomic E-state index is -3.58. The Morgan fingerprint density at radius 2 is 1.79 bits per heavy atom. The molecule has 0 saturated carbocycles. The van der Waals surface area contributed by atoms with Crippen molar-refractivity contribution in [2.45, 2.75) is 24.8 Å². The topological polar surface area (TPSA) is 53.8 Å². The number of hydrogen-bond acceptors (Lipinski definition) is 4. The summed E-state index contributed by atoms with van der Waals surface area (Å²) in [5, 5.41) is 0.236. The Hall–Kier alpha value is -1.34. The Morgan fingerprint density at radius 3 is 2.33 bits per heavy atom. The van der Waals surface area contributed by atoms with Crippen LogP contribution < -0.4 is 0 Å². The van der Waals surface area contributed by atoms with Crippen molar-refractivity contribution in [2.24, 2.45) is 0 Å². The van der Waals surface area contributed by atoms with Gasteiger partial charge in [-0.1, -0.05) is 17.7 Å². The van der Waals surface area contributed by atoms with E-state index in [0.29, 0.717) is 19.1 Å². The fourth-order valence-electron chi connectivity index (χ4n) is 2.92. The minimum Gasteiger partial charge on any atom is -0.472 e. The summed E-state index contributed by atoms with van der Waals surface area (Å²) in [5.74, 6) is 0. The van der Waals surface area contributed by atoms with Crippen LogP contribution in [0.15, 0.2) is 46.1 Å². The average Bonchev–Trinajstić information content (AvgIpc) is 3.09. The molecule has 2 aromatic rings. The highest BCUT2D eigenvalue weighted by molar-refractivity contribution is 7.89. The fraction of sp³-hybridized carbons (Fsp3) is 0.412. The first-order chi connectivity index (χ1) is 11.4. The molecular weight excluding hydrogens is 348 g/mol. The van der Waals surface area contributed by atoms with Crippen molar-refractivity contribution in [3.8, 4) is 11.1 Å². The van der Waals surface area contributed by atoms with Crippen LogP contribution in [0.25, 0.3) is 11.1 Å². The Morgan fingerprint density at radius 1 is 1.08 bits per heavy atom. The van der Waals surface area contributed by atoms with E-state index < -0.39 is 10.0 Å². The van der Waals surface area contributed by atoms with E-state index in [4.69, 9.17) is 16.0 Å². The van der Waals surface area contributed by atoms with E-state index in [2.05, 4.69) is 18.7 Å². The van der Waals surface area contributed by atoms with Gasteiger partial charge in [-0.05, 0) is 37.6 Å². The van der Waals surface area contributed by atoms with Crippen molar-refractivity contribution in [3.63, 3.8) is 0 Å². The molecule has 0 radical (unpaired) electrons. The molecule has 0 atom stereocenters. The molecule has 2 heterocycles. The van der Waals surface area contributed by atoms with E-state index in [1.165, 1.54) is 4.31 Å². The van der Waals surface area contributed by atoms with Crippen molar-refractivity contribution in [2.75, 3.05) is 26.2 Å². The summed E-state index contributed by atoms with van der Waals surface area (Å²) in [6, 6.07) is 7.24. The van der Waals surface area contributed by atoms with Gasteiger partial charge in [0.15, 0.2) is 0 Å². The molecule has 1 saturated heterocycles. The summed E-state index contributed by atoms with van der Waals surface area (Å²) in [4.78, 5) is 2.43. The highest BCUT2D eigenvalue weighted by Crippen LogP contribution is 2.30. The highest BCUT2D eigenvalue weighted by atomic mass is 35.5. The standard InChI is InChI=1S/C17H21ClN2O3S/c1-13(2)19-6-8-20(9-7-19)24(21,22)17-4-3-14(11-16(17)18)15-5-10-23-12-15/h3-5,10-13H,6-9H2,1-2H3. The van der Waals surface area contributed by atoms with Gasteiger partial charge < -0.3 is 4.42 Å². The molecule has 3 rings (SSSR count). The normalized spacial score (nSPS) is 17.5. The summed E-state index contributed by atoms with van der Waals surface area (Å²) in [6.45, 7) is 6.69. The lowest BCUT2D eigenvalue weighted by Crippen LogP contribution is -2.50. The molecule has 0 N–H and O–H groups in total. The van der Waals surface area contributed by atoms with Crippen molar-refractivity contribution >= 4 is 21.6 Å². The van der Waals surface area contributed by atoms with Crippen molar-refractivity contribution < 1.29 is 12.8 Å². The van der Waals surface area contributed by atoms with Crippen LogP contribution in [0.4, 0.5) is 0 Å². The fourth-order valence-corrected chi connectivity index (χ4v) is 4.86. The predicted molar refractivity (Wildman–Crippen MR) is 94.6 cm³/mol. The summed E-state index contributed by atoms with van der Waals surface area (Å²) in [5.41, 5.74) is 1.70. The predicted octanol–water partition coefficient (Wildman–Crippen LogP) is 3.31. The zero-order chi connectivity index (χ0) is 17.3. The summed E-state index contributed by atoms with van der Waals surface area (Å²) in [6.07, 6.45) is 3.17. The Balaban J connectivity index is 1.83. The van der Waals surface area contributed by atoms with Crippen LogP contribution in [-0.2, 0) is 10.0 Å². The van der Waals surface area contributed by atoms with Gasteiger partial charge in [0.2, 0.25) is 10.0 Å². The SMILES string of the molecule is CC(C)N1CCN(S(=O)(=O)c2ccc(-c3ccoc3)cc2Cl)CC1. The highest BCUT2D eigenvalue weighted by Gasteiger charge is 2.30. The number of benzene rings is 1. The third kappa shape index (κ3) is 3.37. The number of nitrogens with zero attached hydrogens (tertiary/aromatic N) is 2. The lowest BCUT2D eigenvalue weighted by Gasteiger charge is -2.36. The molecule has 1 aromatic heterocycles. The van der Waals surface area contributed by atoms with Gasteiger partial charge in [0, 0.05) is 37.8 Å². The van der Waals surface area contributed by atoms with E-state index in [1.54, 1.807) is 30.7 Å². The van der Waals surface area contributed by atoms with Gasteiger partial charge in [-0.2, -0.15) is 4.31 Å². The Labute approximate surface area is 147 Å². The average molecular weight is 369 g/mol. The molecular formula is C17H21ClN2O3S. The third-order valence-electron chi connectivity index (χ3n) is 4.41. The minimum absolute atomic E-state index is 0.161. The summed E-state index contributed by atoms with van der Waals surface area (Å²) in [7, 11) is -3.58. The van der Waals surface area contributed by atoms with Gasteiger partial charge in [-0.25, -0.2) is 8.42 Å². The maximum atomic E-state index is 12.9. The number of sulfonamides is 1.